The summed E-state index contributed by atoms with van der Waals surface area (Å²) in [5, 5.41) is 22.3. The van der Waals surface area contributed by atoms with Crippen LogP contribution >= 0.6 is 12.4 Å². The van der Waals surface area contributed by atoms with Crippen LogP contribution in [0.15, 0.2) is 58.5 Å². The van der Waals surface area contributed by atoms with Crippen LogP contribution in [0.2, 0.25) is 0 Å². The van der Waals surface area contributed by atoms with Gasteiger partial charge >= 0.3 is 0 Å². The number of aliphatic imine (C=N–C) groups is 2. The molecule has 0 atom stereocenters. The number of aromatic nitrogens is 2. The molecule has 2 heterocycles. The van der Waals surface area contributed by atoms with Gasteiger partial charge in [0.2, 0.25) is 0 Å². The first kappa shape index (κ1) is 34.3. The van der Waals surface area contributed by atoms with E-state index < -0.39 is 0 Å². The molecule has 0 saturated heterocycles. The van der Waals surface area contributed by atoms with Crippen LogP contribution in [-0.4, -0.2) is 94.0 Å². The number of anilines is 1. The number of benzene rings is 2. The summed E-state index contributed by atoms with van der Waals surface area (Å²) in [6, 6.07) is 14.1. The summed E-state index contributed by atoms with van der Waals surface area (Å²) in [6.07, 6.45) is 0.733. The van der Waals surface area contributed by atoms with Gasteiger partial charge in [0.25, 0.3) is 17.7 Å². The van der Waals surface area contributed by atoms with E-state index in [-0.39, 0.29) is 30.1 Å². The maximum atomic E-state index is 13.1. The number of hydrogen-bond acceptors (Lipinski definition) is 5. The van der Waals surface area contributed by atoms with E-state index in [1.807, 2.05) is 6.07 Å². The molecule has 15 heteroatoms. The summed E-state index contributed by atoms with van der Waals surface area (Å²) in [5.74, 6) is 0.589. The lowest BCUT2D eigenvalue weighted by Crippen LogP contribution is -2.40. The number of nitrogens with zero attached hydrogens (tertiary/aromatic N) is 2. The topological polar surface area (TPSA) is 192 Å². The van der Waals surface area contributed by atoms with E-state index in [0.717, 1.165) is 28.2 Å². The lowest BCUT2D eigenvalue weighted by molar-refractivity contribution is 0.0943. The number of fused-ring (bicyclic) bond motifs is 2. The molecule has 0 bridgehead atoms. The molecule has 4 rings (SSSR count). The first-order chi connectivity index (χ1) is 21.3. The SMILES string of the molecule is CN=C(NC)NCCCNC(=O)c1ccc2[nH]c(C(=O)Nc3ccc4[nH]c(C(=O)NCCNC(=NC)NC)cc4c3)cc2c1.Cl. The molecule has 0 saturated carbocycles. The average Bonchev–Trinajstić information content (AvgIpc) is 3.67. The number of carbonyl (C=O) groups is 3. The number of amides is 3. The summed E-state index contributed by atoms with van der Waals surface area (Å²) in [5.41, 5.74) is 3.38. The van der Waals surface area contributed by atoms with Crippen molar-refractivity contribution in [3.63, 3.8) is 0 Å². The highest BCUT2D eigenvalue weighted by atomic mass is 35.5. The van der Waals surface area contributed by atoms with E-state index in [1.165, 1.54) is 0 Å². The van der Waals surface area contributed by atoms with E-state index >= 15 is 0 Å². The molecule has 2 aromatic carbocycles. The first-order valence-corrected chi connectivity index (χ1v) is 14.2. The molecule has 0 aliphatic carbocycles. The molecule has 0 fully saturated rings. The van der Waals surface area contributed by atoms with E-state index in [9.17, 15) is 14.4 Å². The van der Waals surface area contributed by atoms with E-state index in [2.05, 4.69) is 57.2 Å². The third-order valence-corrected chi connectivity index (χ3v) is 6.81. The highest BCUT2D eigenvalue weighted by molar-refractivity contribution is 6.08. The lowest BCUT2D eigenvalue weighted by atomic mass is 10.1. The number of nitrogens with one attached hydrogen (secondary N) is 9. The molecule has 3 amide bonds. The van der Waals surface area contributed by atoms with Crippen molar-refractivity contribution >= 4 is 69.5 Å². The Hall–Kier alpha value is -5.24. The van der Waals surface area contributed by atoms with Crippen molar-refractivity contribution in [1.29, 1.82) is 0 Å². The largest absolute Gasteiger partial charge is 0.359 e. The van der Waals surface area contributed by atoms with E-state index in [0.29, 0.717) is 60.7 Å². The number of aromatic amines is 2. The molecule has 0 radical (unpaired) electrons. The number of hydrogen-bond donors (Lipinski definition) is 9. The average molecular weight is 638 g/mol. The van der Waals surface area contributed by atoms with Crippen molar-refractivity contribution in [2.24, 2.45) is 9.98 Å². The fourth-order valence-electron chi connectivity index (χ4n) is 4.54. The van der Waals surface area contributed by atoms with Crippen LogP contribution in [0.5, 0.6) is 0 Å². The van der Waals surface area contributed by atoms with Crippen LogP contribution in [0.3, 0.4) is 0 Å². The third kappa shape index (κ3) is 9.13. The van der Waals surface area contributed by atoms with E-state index in [1.54, 1.807) is 70.7 Å². The van der Waals surface area contributed by atoms with Gasteiger partial charge in [-0.1, -0.05) is 0 Å². The predicted octanol–water partition coefficient (Wildman–Crippen LogP) is 1.76. The fraction of sp³-hybridized carbons (Fsp3) is 0.300. The van der Waals surface area contributed by atoms with Gasteiger partial charge < -0.3 is 47.2 Å². The van der Waals surface area contributed by atoms with Crippen LogP contribution in [0, 0.1) is 0 Å². The van der Waals surface area contributed by atoms with Crippen LogP contribution in [-0.2, 0) is 0 Å². The van der Waals surface area contributed by atoms with Crippen molar-refractivity contribution < 1.29 is 14.4 Å². The van der Waals surface area contributed by atoms with Gasteiger partial charge in [-0.15, -0.1) is 12.4 Å². The number of H-pyrrole nitrogens is 2. The third-order valence-electron chi connectivity index (χ3n) is 6.81. The minimum atomic E-state index is -0.326. The molecule has 0 unspecified atom stereocenters. The summed E-state index contributed by atoms with van der Waals surface area (Å²) >= 11 is 0. The van der Waals surface area contributed by atoms with Crippen LogP contribution in [0.1, 0.15) is 37.8 Å². The fourth-order valence-corrected chi connectivity index (χ4v) is 4.54. The van der Waals surface area contributed by atoms with Crippen molar-refractivity contribution in [2.45, 2.75) is 6.42 Å². The Balaban J connectivity index is 0.00000552. The predicted molar refractivity (Wildman–Crippen MR) is 182 cm³/mol. The van der Waals surface area contributed by atoms with Gasteiger partial charge in [0.1, 0.15) is 11.4 Å². The first-order valence-electron chi connectivity index (χ1n) is 14.2. The minimum absolute atomic E-state index is 0. The lowest BCUT2D eigenvalue weighted by Gasteiger charge is -2.09. The standard InChI is InChI=1S/C30H39N11O3.ClH/c1-31-29(32-2)37-11-5-10-35-26(42)18-6-8-22-19(14-18)16-25(41-22)28(44)39-21-7-9-23-20(15-21)17-24(40-23)27(43)36-12-13-38-30(33-3)34-4;/h6-9,14-17,40-41H,5,10-13H2,1-4H3,(H,35,42)(H,36,43)(H,39,44)(H2,31,32,37)(H2,33,34,38);1H. The number of carbonyl (C=O) groups excluding carboxylic acids is 3. The second-order valence-corrected chi connectivity index (χ2v) is 9.79. The molecule has 45 heavy (non-hydrogen) atoms. The summed E-state index contributed by atoms with van der Waals surface area (Å²) in [6.45, 7) is 2.11. The zero-order valence-electron chi connectivity index (χ0n) is 25.7. The molecule has 2 aromatic heterocycles. The molecular formula is C30H40ClN11O3. The smallest absolute Gasteiger partial charge is 0.272 e. The molecule has 4 aromatic rings. The Morgan fingerprint density at radius 3 is 1.82 bits per heavy atom. The van der Waals surface area contributed by atoms with E-state index in [4.69, 9.17) is 0 Å². The molecule has 0 spiro atoms. The maximum absolute atomic E-state index is 13.1. The van der Waals surface area contributed by atoms with Crippen molar-refractivity contribution in [1.82, 2.24) is 41.9 Å². The zero-order chi connectivity index (χ0) is 31.5. The number of guanidine groups is 2. The summed E-state index contributed by atoms with van der Waals surface area (Å²) in [4.78, 5) is 52.6. The van der Waals surface area contributed by atoms with Crippen molar-refractivity contribution in [3.8, 4) is 0 Å². The van der Waals surface area contributed by atoms with Crippen LogP contribution in [0.25, 0.3) is 21.8 Å². The monoisotopic (exact) mass is 637 g/mol. The van der Waals surface area contributed by atoms with Gasteiger partial charge in [0.05, 0.1) is 0 Å². The van der Waals surface area contributed by atoms with Gasteiger partial charge in [0, 0.05) is 87.4 Å². The van der Waals surface area contributed by atoms with Gasteiger partial charge in [0.15, 0.2) is 11.9 Å². The van der Waals surface area contributed by atoms with Crippen LogP contribution in [0.4, 0.5) is 5.69 Å². The van der Waals surface area contributed by atoms with Gasteiger partial charge in [-0.3, -0.25) is 24.4 Å². The molecular weight excluding hydrogens is 598 g/mol. The molecule has 240 valence electrons. The molecule has 0 aliphatic rings. The Bertz CT molecular complexity index is 1690. The summed E-state index contributed by atoms with van der Waals surface area (Å²) < 4.78 is 0. The second-order valence-electron chi connectivity index (χ2n) is 9.79. The normalized spacial score (nSPS) is 11.5. The van der Waals surface area contributed by atoms with Gasteiger partial charge in [-0.2, -0.15) is 0 Å². The molecule has 14 nitrogen and oxygen atoms in total. The van der Waals surface area contributed by atoms with Gasteiger partial charge in [-0.05, 0) is 55.0 Å². The quantitative estimate of drug-likeness (QED) is 0.0679. The van der Waals surface area contributed by atoms with Crippen molar-refractivity contribution in [3.05, 3.63) is 65.5 Å². The Morgan fingerprint density at radius 1 is 0.644 bits per heavy atom. The minimum Gasteiger partial charge on any atom is -0.359 e. The Morgan fingerprint density at radius 2 is 1.18 bits per heavy atom. The number of rotatable bonds is 11. The molecule has 0 aliphatic heterocycles. The molecule has 9 N–H and O–H groups in total. The van der Waals surface area contributed by atoms with Crippen LogP contribution < -0.4 is 37.2 Å². The maximum Gasteiger partial charge on any atom is 0.272 e. The Kier molecular flexibility index (Phi) is 12.6. The number of halogens is 1. The Labute approximate surface area is 267 Å². The second kappa shape index (κ2) is 16.6. The highest BCUT2D eigenvalue weighted by Crippen LogP contribution is 2.22. The summed E-state index contributed by atoms with van der Waals surface area (Å²) in [7, 11) is 6.92. The van der Waals surface area contributed by atoms with Gasteiger partial charge in [-0.25, -0.2) is 0 Å². The highest BCUT2D eigenvalue weighted by Gasteiger charge is 2.14. The van der Waals surface area contributed by atoms with Crippen molar-refractivity contribution in [2.75, 3.05) is 59.7 Å². The zero-order valence-corrected chi connectivity index (χ0v) is 26.5.